The molecule has 5 nitrogen and oxygen atoms in total. The third-order valence-electron chi connectivity index (χ3n) is 6.62. The van der Waals surface area contributed by atoms with Gasteiger partial charge in [0.25, 0.3) is 5.91 Å². The summed E-state index contributed by atoms with van der Waals surface area (Å²) in [6, 6.07) is 14.8. The zero-order valence-electron chi connectivity index (χ0n) is 17.5. The Morgan fingerprint density at radius 2 is 1.74 bits per heavy atom. The Morgan fingerprint density at radius 1 is 1.03 bits per heavy atom. The monoisotopic (exact) mass is 483 g/mol. The van der Waals surface area contributed by atoms with Crippen LogP contribution in [0.25, 0.3) is 0 Å². The van der Waals surface area contributed by atoms with Gasteiger partial charge in [-0.2, -0.15) is 0 Å². The number of aryl methyl sites for hydroxylation is 1. The maximum atomic E-state index is 13.1. The van der Waals surface area contributed by atoms with Crippen LogP contribution in [0.15, 0.2) is 53.0 Å². The third kappa shape index (κ3) is 4.59. The first-order chi connectivity index (χ1) is 15.0. The Kier molecular flexibility index (Phi) is 6.56. The number of hydrogen-bond donors (Lipinski definition) is 1. The molecule has 2 aromatic rings. The van der Waals surface area contributed by atoms with Crippen molar-refractivity contribution >= 4 is 39.3 Å². The van der Waals surface area contributed by atoms with Gasteiger partial charge in [-0.15, -0.1) is 0 Å². The lowest BCUT2D eigenvalue weighted by Crippen LogP contribution is -2.37. The molecule has 2 saturated carbocycles. The molecule has 162 valence electrons. The first kappa shape index (κ1) is 21.8. The largest absolute Gasteiger partial charge is 0.455 e. The van der Waals surface area contributed by atoms with Crippen molar-refractivity contribution in [3.05, 3.63) is 64.1 Å². The molecular weight excluding hydrogens is 458 g/mol. The summed E-state index contributed by atoms with van der Waals surface area (Å²) in [6.07, 6.45) is 3.56. The summed E-state index contributed by atoms with van der Waals surface area (Å²) in [7, 11) is 0. The molecule has 2 aliphatic carbocycles. The number of amides is 1. The summed E-state index contributed by atoms with van der Waals surface area (Å²) >= 11 is 3.43. The first-order valence-corrected chi connectivity index (χ1v) is 11.6. The Labute approximate surface area is 190 Å². The Morgan fingerprint density at radius 3 is 2.45 bits per heavy atom. The highest BCUT2D eigenvalue weighted by Gasteiger charge is 2.54. The minimum Gasteiger partial charge on any atom is -0.455 e. The fraction of sp³-hybridized carbons (Fsp3) is 0.400. The molecule has 2 fully saturated rings. The van der Waals surface area contributed by atoms with Crippen LogP contribution in [0.1, 0.15) is 42.1 Å². The van der Waals surface area contributed by atoms with E-state index in [1.807, 2.05) is 43.3 Å². The van der Waals surface area contributed by atoms with Crippen LogP contribution >= 0.6 is 15.9 Å². The molecule has 0 heterocycles. The quantitative estimate of drug-likeness (QED) is 0.442. The number of rotatable bonds is 7. The van der Waals surface area contributed by atoms with Gasteiger partial charge >= 0.3 is 5.97 Å². The molecule has 0 radical (unpaired) electrons. The molecular formula is C25H26BrNO4. The van der Waals surface area contributed by atoms with Crippen molar-refractivity contribution in [1.82, 2.24) is 0 Å². The summed E-state index contributed by atoms with van der Waals surface area (Å²) in [5.41, 5.74) is 2.34. The molecule has 31 heavy (non-hydrogen) atoms. The van der Waals surface area contributed by atoms with Gasteiger partial charge in [0.2, 0.25) is 0 Å². The van der Waals surface area contributed by atoms with Gasteiger partial charge in [0.15, 0.2) is 12.4 Å². The summed E-state index contributed by atoms with van der Waals surface area (Å²) in [5.74, 6) is -1.22. The molecule has 4 rings (SSSR count). The van der Waals surface area contributed by atoms with Crippen LogP contribution in [0, 0.1) is 23.7 Å². The summed E-state index contributed by atoms with van der Waals surface area (Å²) in [5, 5.41) is 2.82. The second kappa shape index (κ2) is 9.35. The van der Waals surface area contributed by atoms with Crippen molar-refractivity contribution in [2.75, 3.05) is 11.9 Å². The van der Waals surface area contributed by atoms with E-state index in [0.29, 0.717) is 11.3 Å². The fourth-order valence-electron chi connectivity index (χ4n) is 5.20. The summed E-state index contributed by atoms with van der Waals surface area (Å²) in [4.78, 5) is 38.5. The first-order valence-electron chi connectivity index (χ1n) is 10.8. The van der Waals surface area contributed by atoms with Gasteiger partial charge in [-0.3, -0.25) is 14.4 Å². The standard InChI is InChI=1S/C25H26BrNO4/c1-2-15-13-19(26)10-11-20(15)27-21(28)14-31-25(30)23-18-9-8-17(12-18)22(23)24(29)16-6-4-3-5-7-16/h3-7,10-11,13,17-18,22-23H,2,8-9,12,14H2,1H3,(H,27,28)/t17-,18-,22+,23+/m0/s1. The van der Waals surface area contributed by atoms with E-state index in [1.165, 1.54) is 0 Å². The molecule has 2 aromatic carbocycles. The van der Waals surface area contributed by atoms with Crippen LogP contribution in [0.2, 0.25) is 0 Å². The number of fused-ring (bicyclic) bond motifs is 2. The Bertz CT molecular complexity index is 990. The van der Waals surface area contributed by atoms with Gasteiger partial charge in [0.05, 0.1) is 5.92 Å². The molecule has 1 amide bonds. The van der Waals surface area contributed by atoms with Crippen molar-refractivity contribution in [3.63, 3.8) is 0 Å². The van der Waals surface area contributed by atoms with E-state index in [2.05, 4.69) is 21.2 Å². The van der Waals surface area contributed by atoms with E-state index in [0.717, 1.165) is 35.7 Å². The van der Waals surface area contributed by atoms with E-state index < -0.39 is 11.9 Å². The number of nitrogens with one attached hydrogen (secondary N) is 1. The molecule has 4 atom stereocenters. The number of esters is 1. The van der Waals surface area contributed by atoms with Crippen LogP contribution < -0.4 is 5.32 Å². The second-order valence-electron chi connectivity index (χ2n) is 8.43. The van der Waals surface area contributed by atoms with Crippen molar-refractivity contribution in [2.24, 2.45) is 23.7 Å². The van der Waals surface area contributed by atoms with E-state index in [1.54, 1.807) is 12.1 Å². The highest BCUT2D eigenvalue weighted by atomic mass is 79.9. The lowest BCUT2D eigenvalue weighted by molar-refractivity contribution is -0.154. The van der Waals surface area contributed by atoms with Crippen LogP contribution in [0.5, 0.6) is 0 Å². The fourth-order valence-corrected chi connectivity index (χ4v) is 5.61. The molecule has 1 N–H and O–H groups in total. The van der Waals surface area contributed by atoms with Gasteiger partial charge in [-0.25, -0.2) is 0 Å². The summed E-state index contributed by atoms with van der Waals surface area (Å²) in [6.45, 7) is 1.66. The summed E-state index contributed by atoms with van der Waals surface area (Å²) < 4.78 is 6.36. The van der Waals surface area contributed by atoms with Gasteiger partial charge in [0, 0.05) is 21.6 Å². The van der Waals surface area contributed by atoms with E-state index >= 15 is 0 Å². The lowest BCUT2D eigenvalue weighted by atomic mass is 9.75. The number of halogens is 1. The van der Waals surface area contributed by atoms with E-state index in [4.69, 9.17) is 4.74 Å². The second-order valence-corrected chi connectivity index (χ2v) is 9.34. The number of carbonyl (C=O) groups excluding carboxylic acids is 3. The maximum Gasteiger partial charge on any atom is 0.310 e. The SMILES string of the molecule is CCc1cc(Br)ccc1NC(=O)COC(=O)[C@@H]1[C@H]2CC[C@@H](C2)[C@H]1C(=O)c1ccccc1. The molecule has 0 spiro atoms. The molecule has 2 aliphatic rings. The van der Waals surface area contributed by atoms with Crippen LogP contribution in [-0.4, -0.2) is 24.3 Å². The number of ether oxygens (including phenoxy) is 1. The maximum absolute atomic E-state index is 13.1. The molecule has 0 saturated heterocycles. The van der Waals surface area contributed by atoms with Crippen molar-refractivity contribution in [1.29, 1.82) is 0 Å². The van der Waals surface area contributed by atoms with Gasteiger partial charge in [0.1, 0.15) is 0 Å². The molecule has 6 heteroatoms. The number of Topliss-reactive ketones (excluding diaryl/α,β-unsaturated/α-hetero) is 1. The number of hydrogen-bond acceptors (Lipinski definition) is 4. The highest BCUT2D eigenvalue weighted by Crippen LogP contribution is 2.53. The van der Waals surface area contributed by atoms with Gasteiger partial charge < -0.3 is 10.1 Å². The van der Waals surface area contributed by atoms with Gasteiger partial charge in [-0.05, 0) is 61.3 Å². The van der Waals surface area contributed by atoms with Crippen molar-refractivity contribution in [3.8, 4) is 0 Å². The zero-order valence-corrected chi connectivity index (χ0v) is 19.1. The predicted molar refractivity (Wildman–Crippen MR) is 122 cm³/mol. The highest BCUT2D eigenvalue weighted by molar-refractivity contribution is 9.10. The van der Waals surface area contributed by atoms with Crippen molar-refractivity contribution in [2.45, 2.75) is 32.6 Å². The minimum absolute atomic E-state index is 0.0154. The van der Waals surface area contributed by atoms with Gasteiger partial charge in [-0.1, -0.05) is 53.2 Å². The van der Waals surface area contributed by atoms with E-state index in [9.17, 15) is 14.4 Å². The smallest absolute Gasteiger partial charge is 0.310 e. The third-order valence-corrected chi connectivity index (χ3v) is 7.11. The molecule has 0 aliphatic heterocycles. The van der Waals surface area contributed by atoms with Crippen LogP contribution in [0.3, 0.4) is 0 Å². The number of ketones is 1. The molecule has 0 aromatic heterocycles. The zero-order chi connectivity index (χ0) is 22.0. The minimum atomic E-state index is -0.460. The van der Waals surface area contributed by atoms with Crippen LogP contribution in [0.4, 0.5) is 5.69 Å². The number of anilines is 1. The Balaban J connectivity index is 1.40. The number of carbonyl (C=O) groups is 3. The molecule has 2 bridgehead atoms. The predicted octanol–water partition coefficient (Wildman–Crippen LogP) is 5.04. The van der Waals surface area contributed by atoms with Crippen molar-refractivity contribution < 1.29 is 19.1 Å². The average molecular weight is 484 g/mol. The normalized spacial score (nSPS) is 24.1. The van der Waals surface area contributed by atoms with Crippen LogP contribution in [-0.2, 0) is 20.7 Å². The number of benzene rings is 2. The van der Waals surface area contributed by atoms with E-state index in [-0.39, 0.29) is 36.1 Å². The lowest BCUT2D eigenvalue weighted by Gasteiger charge is -2.28. The topological polar surface area (TPSA) is 72.5 Å². The Hall–Kier alpha value is -2.47. The molecule has 0 unspecified atom stereocenters. The average Bonchev–Trinajstić information content (AvgIpc) is 3.40.